The van der Waals surface area contributed by atoms with Gasteiger partial charge < -0.3 is 39.7 Å². The molecule has 5 N–H and O–H groups in total. The largest absolute Gasteiger partial charge is 0.388 e. The summed E-state index contributed by atoms with van der Waals surface area (Å²) in [4.78, 5) is 0. The second-order valence-corrected chi connectivity index (χ2v) is 4.95. The highest BCUT2D eigenvalue weighted by molar-refractivity contribution is 4.89. The maximum Gasteiger partial charge on any atom is 0.186 e. The van der Waals surface area contributed by atoms with E-state index in [2.05, 4.69) is 0 Å². The van der Waals surface area contributed by atoms with Crippen molar-refractivity contribution in [2.45, 2.75) is 55.9 Å². The van der Waals surface area contributed by atoms with Gasteiger partial charge in [-0.3, -0.25) is 0 Å². The molecule has 0 bridgehead atoms. The molecule has 2 fully saturated rings. The molecule has 8 nitrogen and oxygen atoms in total. The fourth-order valence-corrected chi connectivity index (χ4v) is 2.16. The molecule has 2 rings (SSSR count). The Kier molecular flexibility index (Phi) is 4.75. The first-order chi connectivity index (χ1) is 8.91. The van der Waals surface area contributed by atoms with Crippen LogP contribution in [0.3, 0.4) is 0 Å². The molecule has 0 spiro atoms. The normalized spacial score (nSPS) is 52.1. The minimum Gasteiger partial charge on any atom is -0.388 e. The maximum absolute atomic E-state index is 9.88. The number of hydrogen-bond donors (Lipinski definition) is 5. The summed E-state index contributed by atoms with van der Waals surface area (Å²) in [5.74, 6) is 0. The van der Waals surface area contributed by atoms with E-state index < -0.39 is 49.0 Å². The smallest absolute Gasteiger partial charge is 0.186 e. The SMILES string of the molecule is C[C@@H]1OCC(O)[C@H](O[C@@H]2OCC(O)[C@H](O)C2O)C1O. The minimum absolute atomic E-state index is 0.00309. The molecule has 2 heterocycles. The first kappa shape index (κ1) is 15.1. The molecular formula is C11H20O8. The van der Waals surface area contributed by atoms with Crippen LogP contribution in [0.2, 0.25) is 0 Å². The van der Waals surface area contributed by atoms with E-state index in [-0.39, 0.29) is 13.2 Å². The summed E-state index contributed by atoms with van der Waals surface area (Å²) < 4.78 is 15.5. The van der Waals surface area contributed by atoms with E-state index in [0.29, 0.717) is 0 Å². The predicted molar refractivity (Wildman–Crippen MR) is 60.1 cm³/mol. The van der Waals surface area contributed by atoms with Gasteiger partial charge in [-0.25, -0.2) is 0 Å². The molecule has 2 aliphatic heterocycles. The molecule has 0 radical (unpaired) electrons. The van der Waals surface area contributed by atoms with Crippen molar-refractivity contribution >= 4 is 0 Å². The minimum atomic E-state index is -1.46. The number of hydrogen-bond acceptors (Lipinski definition) is 8. The van der Waals surface area contributed by atoms with Crippen molar-refractivity contribution in [1.82, 2.24) is 0 Å². The van der Waals surface area contributed by atoms with Gasteiger partial charge >= 0.3 is 0 Å². The lowest BCUT2D eigenvalue weighted by molar-refractivity contribution is -0.313. The summed E-state index contributed by atoms with van der Waals surface area (Å²) in [5.41, 5.74) is 0. The summed E-state index contributed by atoms with van der Waals surface area (Å²) in [6.07, 6.45) is -8.94. The Morgan fingerprint density at radius 3 is 2.16 bits per heavy atom. The van der Waals surface area contributed by atoms with E-state index >= 15 is 0 Å². The Morgan fingerprint density at radius 1 is 0.842 bits per heavy atom. The Balaban J connectivity index is 1.99. The Labute approximate surface area is 110 Å². The molecule has 0 amide bonds. The third-order valence-electron chi connectivity index (χ3n) is 3.47. The number of ether oxygens (including phenoxy) is 3. The highest BCUT2D eigenvalue weighted by Gasteiger charge is 2.44. The third-order valence-corrected chi connectivity index (χ3v) is 3.47. The van der Waals surface area contributed by atoms with Crippen LogP contribution in [0.15, 0.2) is 0 Å². The Morgan fingerprint density at radius 2 is 1.47 bits per heavy atom. The van der Waals surface area contributed by atoms with E-state index in [0.717, 1.165) is 0 Å². The van der Waals surface area contributed by atoms with Crippen LogP contribution in [0, 0.1) is 0 Å². The van der Waals surface area contributed by atoms with Crippen LogP contribution in [-0.2, 0) is 14.2 Å². The van der Waals surface area contributed by atoms with Crippen molar-refractivity contribution in [1.29, 1.82) is 0 Å². The van der Waals surface area contributed by atoms with Gasteiger partial charge in [-0.2, -0.15) is 0 Å². The first-order valence-corrected chi connectivity index (χ1v) is 6.21. The van der Waals surface area contributed by atoms with Crippen LogP contribution < -0.4 is 0 Å². The zero-order valence-corrected chi connectivity index (χ0v) is 10.5. The van der Waals surface area contributed by atoms with Crippen molar-refractivity contribution in [2.75, 3.05) is 13.2 Å². The van der Waals surface area contributed by atoms with E-state index in [1.165, 1.54) is 0 Å². The van der Waals surface area contributed by atoms with Gasteiger partial charge in [0.05, 0.1) is 19.3 Å². The standard InChI is InChI=1S/C11H20O8/c1-4-7(14)10(6(13)3-17-4)19-11-9(16)8(15)5(12)2-18-11/h4-16H,2-3H2,1H3/t4-,5?,6?,7?,8-,9?,10-,11-/m0/s1. The average Bonchev–Trinajstić information content (AvgIpc) is 2.39. The van der Waals surface area contributed by atoms with Gasteiger partial charge in [-0.05, 0) is 6.92 Å². The van der Waals surface area contributed by atoms with Crippen molar-refractivity contribution in [3.05, 3.63) is 0 Å². The molecule has 2 saturated heterocycles. The molecule has 0 aromatic carbocycles. The van der Waals surface area contributed by atoms with Gasteiger partial charge in [0, 0.05) is 0 Å². The summed E-state index contributed by atoms with van der Waals surface area (Å²) in [7, 11) is 0. The average molecular weight is 280 g/mol. The Bertz CT molecular complexity index is 300. The topological polar surface area (TPSA) is 129 Å². The van der Waals surface area contributed by atoms with Crippen molar-refractivity contribution in [3.8, 4) is 0 Å². The summed E-state index contributed by atoms with van der Waals surface area (Å²) in [6.45, 7) is 1.43. The fraction of sp³-hybridized carbons (Fsp3) is 1.00. The molecule has 8 heteroatoms. The lowest BCUT2D eigenvalue weighted by atomic mass is 10.00. The van der Waals surface area contributed by atoms with E-state index in [9.17, 15) is 25.5 Å². The van der Waals surface area contributed by atoms with Gasteiger partial charge in [-0.1, -0.05) is 0 Å². The second-order valence-electron chi connectivity index (χ2n) is 4.95. The Hall–Kier alpha value is -0.320. The van der Waals surface area contributed by atoms with Crippen LogP contribution in [0.5, 0.6) is 0 Å². The van der Waals surface area contributed by atoms with Crippen LogP contribution in [0.4, 0.5) is 0 Å². The first-order valence-electron chi connectivity index (χ1n) is 6.21. The number of rotatable bonds is 2. The van der Waals surface area contributed by atoms with Crippen LogP contribution in [0.25, 0.3) is 0 Å². The van der Waals surface area contributed by atoms with Gasteiger partial charge in [0.15, 0.2) is 6.29 Å². The highest BCUT2D eigenvalue weighted by atomic mass is 16.7. The van der Waals surface area contributed by atoms with Crippen molar-refractivity contribution < 1.29 is 39.7 Å². The number of aliphatic hydroxyl groups is 5. The quantitative estimate of drug-likeness (QED) is 0.361. The van der Waals surface area contributed by atoms with Gasteiger partial charge in [-0.15, -0.1) is 0 Å². The lowest BCUT2D eigenvalue weighted by Gasteiger charge is -2.41. The lowest BCUT2D eigenvalue weighted by Crippen LogP contribution is -2.59. The van der Waals surface area contributed by atoms with E-state index in [1.54, 1.807) is 6.92 Å². The zero-order chi connectivity index (χ0) is 14.2. The molecule has 8 atom stereocenters. The van der Waals surface area contributed by atoms with E-state index in [1.807, 2.05) is 0 Å². The summed E-state index contributed by atoms with van der Waals surface area (Å²) in [6, 6.07) is 0. The predicted octanol–water partition coefficient (Wildman–Crippen LogP) is -3.05. The molecule has 0 aromatic heterocycles. The maximum atomic E-state index is 9.88. The molecule has 0 aliphatic carbocycles. The molecule has 0 aromatic rings. The highest BCUT2D eigenvalue weighted by Crippen LogP contribution is 2.24. The third kappa shape index (κ3) is 3.06. The molecule has 2 aliphatic rings. The van der Waals surface area contributed by atoms with Crippen LogP contribution in [0.1, 0.15) is 6.92 Å². The molecule has 19 heavy (non-hydrogen) atoms. The van der Waals surface area contributed by atoms with Gasteiger partial charge in [0.1, 0.15) is 36.6 Å². The van der Waals surface area contributed by atoms with Crippen molar-refractivity contribution in [2.24, 2.45) is 0 Å². The number of aliphatic hydroxyl groups excluding tert-OH is 5. The van der Waals surface area contributed by atoms with Crippen LogP contribution >= 0.6 is 0 Å². The van der Waals surface area contributed by atoms with Crippen LogP contribution in [-0.4, -0.2) is 87.8 Å². The summed E-state index contributed by atoms with van der Waals surface area (Å²) >= 11 is 0. The molecular weight excluding hydrogens is 260 g/mol. The molecule has 112 valence electrons. The molecule has 4 unspecified atom stereocenters. The van der Waals surface area contributed by atoms with Gasteiger partial charge in [0.2, 0.25) is 0 Å². The zero-order valence-electron chi connectivity index (χ0n) is 10.5. The van der Waals surface area contributed by atoms with Crippen molar-refractivity contribution in [3.63, 3.8) is 0 Å². The second kappa shape index (κ2) is 5.98. The van der Waals surface area contributed by atoms with Gasteiger partial charge in [0.25, 0.3) is 0 Å². The molecule has 0 saturated carbocycles. The summed E-state index contributed by atoms with van der Waals surface area (Å²) in [5, 5.41) is 48.2. The fourth-order valence-electron chi connectivity index (χ4n) is 2.16. The monoisotopic (exact) mass is 280 g/mol. The van der Waals surface area contributed by atoms with E-state index in [4.69, 9.17) is 14.2 Å².